The molecule has 0 saturated heterocycles. The van der Waals surface area contributed by atoms with Crippen LogP contribution in [0.15, 0.2) is 9.59 Å². The third-order valence-electron chi connectivity index (χ3n) is 4.48. The Bertz CT molecular complexity index is 884. The molecule has 2 saturated carbocycles. The van der Waals surface area contributed by atoms with Gasteiger partial charge in [-0.2, -0.15) is 0 Å². The van der Waals surface area contributed by atoms with E-state index >= 15 is 0 Å². The standard InChI is InChI=1S/C14H16N4O2S/c19-12-9-11(18(8-5-6-8)14(20)17-12)15-10(16-13(9)21)7-3-1-2-4-7/h7-8H,1-6H2,(H,15,16,21)(H,17,19,20). The van der Waals surface area contributed by atoms with Crippen molar-refractivity contribution in [1.29, 1.82) is 0 Å². The largest absolute Gasteiger partial charge is 0.330 e. The van der Waals surface area contributed by atoms with Crippen LogP contribution in [0.2, 0.25) is 0 Å². The van der Waals surface area contributed by atoms with E-state index in [4.69, 9.17) is 12.2 Å². The van der Waals surface area contributed by atoms with Crippen molar-refractivity contribution >= 4 is 23.3 Å². The molecule has 2 aliphatic carbocycles. The zero-order valence-electron chi connectivity index (χ0n) is 11.5. The number of fused-ring (bicyclic) bond motifs is 1. The van der Waals surface area contributed by atoms with Crippen molar-refractivity contribution < 1.29 is 0 Å². The molecule has 110 valence electrons. The van der Waals surface area contributed by atoms with Gasteiger partial charge in [-0.15, -0.1) is 0 Å². The van der Waals surface area contributed by atoms with Gasteiger partial charge in [0.1, 0.15) is 21.5 Å². The fourth-order valence-corrected chi connectivity index (χ4v) is 3.55. The highest BCUT2D eigenvalue weighted by Gasteiger charge is 2.28. The fourth-order valence-electron chi connectivity index (χ4n) is 3.26. The summed E-state index contributed by atoms with van der Waals surface area (Å²) >= 11 is 5.31. The Kier molecular flexibility index (Phi) is 2.85. The van der Waals surface area contributed by atoms with Gasteiger partial charge >= 0.3 is 5.69 Å². The van der Waals surface area contributed by atoms with Crippen molar-refractivity contribution in [2.24, 2.45) is 0 Å². The maximum atomic E-state index is 12.1. The van der Waals surface area contributed by atoms with E-state index in [0.717, 1.165) is 31.5 Å². The summed E-state index contributed by atoms with van der Waals surface area (Å²) in [4.78, 5) is 34.2. The van der Waals surface area contributed by atoms with Gasteiger partial charge in [0.25, 0.3) is 5.56 Å². The number of aromatic amines is 2. The summed E-state index contributed by atoms with van der Waals surface area (Å²) in [6.07, 6.45) is 6.47. The topological polar surface area (TPSA) is 83.5 Å². The Morgan fingerprint density at radius 3 is 2.48 bits per heavy atom. The van der Waals surface area contributed by atoms with Gasteiger partial charge in [-0.1, -0.05) is 25.1 Å². The SMILES string of the molecule is O=c1[nH]c(=O)n(C2CC2)c2[nH]c(C3CCCC3)nc(=S)c12. The van der Waals surface area contributed by atoms with Gasteiger partial charge in [0.2, 0.25) is 0 Å². The van der Waals surface area contributed by atoms with Gasteiger partial charge < -0.3 is 4.98 Å². The summed E-state index contributed by atoms with van der Waals surface area (Å²) in [6.45, 7) is 0. The Morgan fingerprint density at radius 2 is 1.81 bits per heavy atom. The molecular formula is C14H16N4O2S. The highest BCUT2D eigenvalue weighted by atomic mass is 32.1. The van der Waals surface area contributed by atoms with Crippen LogP contribution in [-0.4, -0.2) is 19.5 Å². The van der Waals surface area contributed by atoms with Gasteiger partial charge in [-0.25, -0.2) is 9.78 Å². The van der Waals surface area contributed by atoms with Crippen LogP contribution in [0.25, 0.3) is 11.0 Å². The molecule has 2 N–H and O–H groups in total. The molecule has 0 amide bonds. The lowest BCUT2D eigenvalue weighted by atomic mass is 10.1. The molecule has 0 bridgehead atoms. The lowest BCUT2D eigenvalue weighted by molar-refractivity contribution is 0.653. The molecule has 2 fully saturated rings. The minimum Gasteiger partial charge on any atom is -0.329 e. The summed E-state index contributed by atoms with van der Waals surface area (Å²) < 4.78 is 1.94. The van der Waals surface area contributed by atoms with Gasteiger partial charge in [0, 0.05) is 12.0 Å². The summed E-state index contributed by atoms with van der Waals surface area (Å²) in [6, 6.07) is 0.168. The Morgan fingerprint density at radius 1 is 1.10 bits per heavy atom. The minimum absolute atomic E-state index is 0.168. The van der Waals surface area contributed by atoms with E-state index in [9.17, 15) is 9.59 Å². The van der Waals surface area contributed by atoms with Gasteiger partial charge in [-0.3, -0.25) is 14.3 Å². The Balaban J connectivity index is 2.05. The lowest BCUT2D eigenvalue weighted by Gasteiger charge is -2.13. The smallest absolute Gasteiger partial charge is 0.329 e. The second-order valence-corrected chi connectivity index (χ2v) is 6.38. The second-order valence-electron chi connectivity index (χ2n) is 5.99. The van der Waals surface area contributed by atoms with Crippen molar-refractivity contribution in [3.05, 3.63) is 31.3 Å². The zero-order valence-corrected chi connectivity index (χ0v) is 12.3. The number of hydrogen-bond donors (Lipinski definition) is 2. The first-order valence-electron chi connectivity index (χ1n) is 7.44. The second kappa shape index (κ2) is 4.62. The maximum absolute atomic E-state index is 12.1. The quantitative estimate of drug-likeness (QED) is 0.833. The molecule has 7 heteroatoms. The molecule has 0 spiro atoms. The summed E-state index contributed by atoms with van der Waals surface area (Å²) in [7, 11) is 0. The van der Waals surface area contributed by atoms with Crippen molar-refractivity contribution in [3.63, 3.8) is 0 Å². The van der Waals surface area contributed by atoms with E-state index in [1.165, 1.54) is 12.8 Å². The third kappa shape index (κ3) is 2.07. The molecule has 0 atom stereocenters. The van der Waals surface area contributed by atoms with E-state index in [1.54, 1.807) is 4.57 Å². The zero-order chi connectivity index (χ0) is 14.6. The normalized spacial score (nSPS) is 19.4. The first-order chi connectivity index (χ1) is 10.1. The predicted octanol–water partition coefficient (Wildman–Crippen LogP) is 2.13. The maximum Gasteiger partial charge on any atom is 0.330 e. The first kappa shape index (κ1) is 12.9. The van der Waals surface area contributed by atoms with Crippen LogP contribution in [0.5, 0.6) is 0 Å². The van der Waals surface area contributed by atoms with Crippen molar-refractivity contribution in [2.75, 3.05) is 0 Å². The fraction of sp³-hybridized carbons (Fsp3) is 0.571. The molecule has 4 rings (SSSR count). The molecule has 0 unspecified atom stereocenters. The minimum atomic E-state index is -0.446. The number of nitrogens with zero attached hydrogens (tertiary/aromatic N) is 2. The van der Waals surface area contributed by atoms with Crippen LogP contribution in [0, 0.1) is 4.64 Å². The van der Waals surface area contributed by atoms with Gasteiger partial charge in [-0.05, 0) is 25.7 Å². The predicted molar refractivity (Wildman–Crippen MR) is 81.3 cm³/mol. The first-order valence-corrected chi connectivity index (χ1v) is 7.84. The molecule has 0 aromatic carbocycles. The summed E-state index contributed by atoms with van der Waals surface area (Å²) in [5.41, 5.74) is -0.254. The van der Waals surface area contributed by atoms with E-state index < -0.39 is 5.56 Å². The third-order valence-corrected chi connectivity index (χ3v) is 4.78. The van der Waals surface area contributed by atoms with Gasteiger partial charge in [0.05, 0.1) is 0 Å². The number of nitrogens with one attached hydrogen (secondary N) is 2. The molecule has 2 aliphatic rings. The molecule has 0 radical (unpaired) electrons. The van der Waals surface area contributed by atoms with Crippen molar-refractivity contribution in [2.45, 2.75) is 50.5 Å². The van der Waals surface area contributed by atoms with E-state index in [1.807, 2.05) is 0 Å². The number of H-pyrrole nitrogens is 2. The van der Waals surface area contributed by atoms with Crippen molar-refractivity contribution in [1.82, 2.24) is 19.5 Å². The number of aromatic nitrogens is 4. The van der Waals surface area contributed by atoms with Crippen LogP contribution in [-0.2, 0) is 0 Å². The summed E-state index contributed by atoms with van der Waals surface area (Å²) in [5, 5.41) is 0.332. The van der Waals surface area contributed by atoms with Crippen LogP contribution in [0.3, 0.4) is 0 Å². The monoisotopic (exact) mass is 304 g/mol. The lowest BCUT2D eigenvalue weighted by Crippen LogP contribution is -2.31. The van der Waals surface area contributed by atoms with Crippen LogP contribution in [0.4, 0.5) is 0 Å². The molecule has 2 aromatic rings. The van der Waals surface area contributed by atoms with E-state index in [0.29, 0.717) is 21.6 Å². The van der Waals surface area contributed by atoms with Gasteiger partial charge in [0.15, 0.2) is 0 Å². The number of hydrogen-bond acceptors (Lipinski definition) is 4. The van der Waals surface area contributed by atoms with Crippen LogP contribution in [0.1, 0.15) is 56.3 Å². The molecule has 0 aliphatic heterocycles. The molecule has 2 heterocycles. The van der Waals surface area contributed by atoms with Crippen LogP contribution >= 0.6 is 12.2 Å². The molecule has 6 nitrogen and oxygen atoms in total. The highest BCUT2D eigenvalue weighted by molar-refractivity contribution is 7.71. The van der Waals surface area contributed by atoms with Crippen molar-refractivity contribution in [3.8, 4) is 0 Å². The highest BCUT2D eigenvalue weighted by Crippen LogP contribution is 2.36. The number of rotatable bonds is 2. The molecule has 2 aromatic heterocycles. The van der Waals surface area contributed by atoms with Crippen LogP contribution < -0.4 is 11.2 Å². The van der Waals surface area contributed by atoms with E-state index in [-0.39, 0.29) is 11.7 Å². The van der Waals surface area contributed by atoms with E-state index in [2.05, 4.69) is 15.0 Å². The molecule has 21 heavy (non-hydrogen) atoms. The Hall–Kier alpha value is -1.76. The summed E-state index contributed by atoms with van der Waals surface area (Å²) in [5.74, 6) is 1.18. The average Bonchev–Trinajstić information content (AvgIpc) is 3.11. The average molecular weight is 304 g/mol. The molecular weight excluding hydrogens is 288 g/mol. The Labute approximate surface area is 125 Å².